The molecule has 0 aliphatic heterocycles. The van der Waals surface area contributed by atoms with Gasteiger partial charge in [-0.15, -0.1) is 0 Å². The fraction of sp³-hybridized carbons (Fsp3) is 0.500. The fourth-order valence-corrected chi connectivity index (χ4v) is 3.47. The van der Waals surface area contributed by atoms with E-state index in [2.05, 4.69) is 43.5 Å². The van der Waals surface area contributed by atoms with E-state index in [-0.39, 0.29) is 0 Å². The van der Waals surface area contributed by atoms with Gasteiger partial charge in [-0.25, -0.2) is 9.67 Å². The summed E-state index contributed by atoms with van der Waals surface area (Å²) in [6, 6.07) is 10.8. The van der Waals surface area contributed by atoms with Gasteiger partial charge in [0.2, 0.25) is 0 Å². The monoisotopic (exact) mass is 339 g/mol. The van der Waals surface area contributed by atoms with Crippen LogP contribution in [0.2, 0.25) is 0 Å². The topological polar surface area (TPSA) is 54.2 Å². The third-order valence-electron chi connectivity index (χ3n) is 4.88. The van der Waals surface area contributed by atoms with Crippen LogP contribution in [0.1, 0.15) is 49.6 Å². The van der Waals surface area contributed by atoms with Crippen molar-refractivity contribution >= 4 is 5.96 Å². The zero-order valence-corrected chi connectivity index (χ0v) is 15.5. The molecule has 1 aromatic carbocycles. The van der Waals surface area contributed by atoms with Crippen LogP contribution in [-0.4, -0.2) is 28.3 Å². The van der Waals surface area contributed by atoms with Crippen molar-refractivity contribution in [1.82, 2.24) is 20.4 Å². The molecule has 2 N–H and O–H groups in total. The van der Waals surface area contributed by atoms with Gasteiger partial charge in [0.15, 0.2) is 5.96 Å². The second-order valence-corrected chi connectivity index (χ2v) is 6.72. The number of nitrogens with zero attached hydrogens (tertiary/aromatic N) is 3. The second-order valence-electron chi connectivity index (χ2n) is 6.72. The number of aromatic nitrogens is 2. The lowest BCUT2D eigenvalue weighted by Gasteiger charge is -2.16. The Labute approximate surface area is 150 Å². The summed E-state index contributed by atoms with van der Waals surface area (Å²) in [4.78, 5) is 4.82. The average Bonchev–Trinajstić information content (AvgIpc) is 3.22. The average molecular weight is 339 g/mol. The molecule has 134 valence electrons. The molecule has 2 aromatic rings. The summed E-state index contributed by atoms with van der Waals surface area (Å²) >= 11 is 0. The van der Waals surface area contributed by atoms with Crippen LogP contribution in [0.15, 0.2) is 35.3 Å². The molecule has 1 aromatic heterocycles. The standard InChI is InChI=1S/C20H29N5/c1-4-21-20(23-17-10-8-9-11-17)22-14-19-15(2)24-25(16(19)3)18-12-6-5-7-13-18/h5-7,12-13,17H,4,8-11,14H2,1-3H3,(H2,21,22,23). The number of para-hydroxylation sites is 1. The first kappa shape index (κ1) is 17.5. The Kier molecular flexibility index (Phi) is 5.74. The van der Waals surface area contributed by atoms with Crippen molar-refractivity contribution in [1.29, 1.82) is 0 Å². The number of hydrogen-bond donors (Lipinski definition) is 2. The molecule has 5 heteroatoms. The van der Waals surface area contributed by atoms with E-state index >= 15 is 0 Å². The molecular weight excluding hydrogens is 310 g/mol. The Hall–Kier alpha value is -2.30. The van der Waals surface area contributed by atoms with Crippen LogP contribution >= 0.6 is 0 Å². The summed E-state index contributed by atoms with van der Waals surface area (Å²) in [5.74, 6) is 0.917. The number of rotatable bonds is 5. The number of hydrogen-bond acceptors (Lipinski definition) is 2. The van der Waals surface area contributed by atoms with E-state index in [1.807, 2.05) is 22.9 Å². The summed E-state index contributed by atoms with van der Waals surface area (Å²) in [5.41, 5.74) is 4.49. The van der Waals surface area contributed by atoms with Gasteiger partial charge in [-0.2, -0.15) is 5.10 Å². The Balaban J connectivity index is 1.77. The van der Waals surface area contributed by atoms with Crippen molar-refractivity contribution in [2.75, 3.05) is 6.54 Å². The van der Waals surface area contributed by atoms with Crippen molar-refractivity contribution in [3.05, 3.63) is 47.3 Å². The Morgan fingerprint density at radius 1 is 1.20 bits per heavy atom. The molecular formula is C20H29N5. The molecule has 0 saturated heterocycles. The largest absolute Gasteiger partial charge is 0.357 e. The molecule has 3 rings (SSSR count). The summed E-state index contributed by atoms with van der Waals surface area (Å²) < 4.78 is 2.01. The van der Waals surface area contributed by atoms with Gasteiger partial charge < -0.3 is 10.6 Å². The minimum atomic E-state index is 0.562. The number of guanidine groups is 1. The van der Waals surface area contributed by atoms with E-state index in [4.69, 9.17) is 10.1 Å². The van der Waals surface area contributed by atoms with Crippen molar-refractivity contribution in [2.24, 2.45) is 4.99 Å². The van der Waals surface area contributed by atoms with E-state index in [1.165, 1.54) is 31.2 Å². The van der Waals surface area contributed by atoms with Crippen LogP contribution in [0.4, 0.5) is 0 Å². The van der Waals surface area contributed by atoms with Gasteiger partial charge in [0.25, 0.3) is 0 Å². The zero-order valence-electron chi connectivity index (χ0n) is 15.5. The van der Waals surface area contributed by atoms with Gasteiger partial charge in [0, 0.05) is 23.8 Å². The SMILES string of the molecule is CCNC(=NCc1c(C)nn(-c2ccccc2)c1C)NC1CCCC1. The smallest absolute Gasteiger partial charge is 0.191 e. The van der Waals surface area contributed by atoms with E-state index in [9.17, 15) is 0 Å². The van der Waals surface area contributed by atoms with Crippen LogP contribution < -0.4 is 10.6 Å². The normalized spacial score (nSPS) is 15.6. The van der Waals surface area contributed by atoms with Crippen molar-refractivity contribution < 1.29 is 0 Å². The third-order valence-corrected chi connectivity index (χ3v) is 4.88. The Morgan fingerprint density at radius 2 is 1.92 bits per heavy atom. The minimum Gasteiger partial charge on any atom is -0.357 e. The van der Waals surface area contributed by atoms with E-state index < -0.39 is 0 Å². The number of benzene rings is 1. The highest BCUT2D eigenvalue weighted by Gasteiger charge is 2.17. The zero-order chi connectivity index (χ0) is 17.6. The highest BCUT2D eigenvalue weighted by Crippen LogP contribution is 2.19. The number of nitrogens with one attached hydrogen (secondary N) is 2. The Morgan fingerprint density at radius 3 is 2.60 bits per heavy atom. The van der Waals surface area contributed by atoms with Crippen LogP contribution in [-0.2, 0) is 6.54 Å². The van der Waals surface area contributed by atoms with Crippen molar-refractivity contribution in [3.8, 4) is 5.69 Å². The molecule has 5 nitrogen and oxygen atoms in total. The third kappa shape index (κ3) is 4.21. The van der Waals surface area contributed by atoms with Gasteiger partial charge in [-0.1, -0.05) is 31.0 Å². The fourth-order valence-electron chi connectivity index (χ4n) is 3.47. The van der Waals surface area contributed by atoms with Gasteiger partial charge in [0.05, 0.1) is 17.9 Å². The molecule has 1 aliphatic carbocycles. The minimum absolute atomic E-state index is 0.562. The molecule has 1 saturated carbocycles. The molecule has 0 atom stereocenters. The maximum Gasteiger partial charge on any atom is 0.191 e. The van der Waals surface area contributed by atoms with Crippen LogP contribution in [0.25, 0.3) is 5.69 Å². The molecule has 0 radical (unpaired) electrons. The molecule has 1 aliphatic rings. The highest BCUT2D eigenvalue weighted by atomic mass is 15.3. The van der Waals surface area contributed by atoms with Gasteiger partial charge in [-0.05, 0) is 45.7 Å². The summed E-state index contributed by atoms with van der Waals surface area (Å²) in [7, 11) is 0. The predicted octanol–water partition coefficient (Wildman–Crippen LogP) is 3.49. The quantitative estimate of drug-likeness (QED) is 0.648. The second kappa shape index (κ2) is 8.19. The van der Waals surface area contributed by atoms with E-state index in [0.29, 0.717) is 12.6 Å². The molecule has 0 bridgehead atoms. The summed E-state index contributed by atoms with van der Waals surface area (Å²) in [5, 5.41) is 11.7. The van der Waals surface area contributed by atoms with Crippen LogP contribution in [0, 0.1) is 13.8 Å². The van der Waals surface area contributed by atoms with Crippen molar-refractivity contribution in [3.63, 3.8) is 0 Å². The lowest BCUT2D eigenvalue weighted by Crippen LogP contribution is -2.42. The summed E-state index contributed by atoms with van der Waals surface area (Å²) in [6.07, 6.45) is 5.13. The van der Waals surface area contributed by atoms with E-state index in [1.54, 1.807) is 0 Å². The first-order chi connectivity index (χ1) is 12.2. The molecule has 0 spiro atoms. The molecule has 1 heterocycles. The molecule has 1 fully saturated rings. The first-order valence-corrected chi connectivity index (χ1v) is 9.34. The maximum atomic E-state index is 4.82. The lowest BCUT2D eigenvalue weighted by molar-refractivity contribution is 0.614. The maximum absolute atomic E-state index is 4.82. The van der Waals surface area contributed by atoms with Gasteiger partial charge >= 0.3 is 0 Å². The lowest BCUT2D eigenvalue weighted by atomic mass is 10.2. The van der Waals surface area contributed by atoms with E-state index in [0.717, 1.165) is 29.6 Å². The predicted molar refractivity (Wildman–Crippen MR) is 103 cm³/mol. The molecule has 25 heavy (non-hydrogen) atoms. The highest BCUT2D eigenvalue weighted by molar-refractivity contribution is 5.80. The van der Waals surface area contributed by atoms with Crippen LogP contribution in [0.3, 0.4) is 0 Å². The number of aliphatic imine (C=N–C) groups is 1. The summed E-state index contributed by atoms with van der Waals surface area (Å²) in [6.45, 7) is 7.81. The first-order valence-electron chi connectivity index (χ1n) is 9.34. The van der Waals surface area contributed by atoms with Gasteiger partial charge in [0.1, 0.15) is 0 Å². The Bertz CT molecular complexity index is 711. The molecule has 0 amide bonds. The van der Waals surface area contributed by atoms with Crippen molar-refractivity contribution in [2.45, 2.75) is 59.0 Å². The molecule has 0 unspecified atom stereocenters. The van der Waals surface area contributed by atoms with Crippen LogP contribution in [0.5, 0.6) is 0 Å². The number of aryl methyl sites for hydroxylation is 1. The van der Waals surface area contributed by atoms with Gasteiger partial charge in [-0.3, -0.25) is 0 Å².